The summed E-state index contributed by atoms with van der Waals surface area (Å²) in [6.07, 6.45) is 4.18. The molecule has 35 heavy (non-hydrogen) atoms. The lowest BCUT2D eigenvalue weighted by atomic mass is 10.1. The Labute approximate surface area is 207 Å². The Bertz CT molecular complexity index is 1360. The minimum atomic E-state index is 0.446. The van der Waals surface area contributed by atoms with Crippen molar-refractivity contribution >= 4 is 11.3 Å². The van der Waals surface area contributed by atoms with Crippen molar-refractivity contribution in [1.82, 2.24) is 29.9 Å². The minimum absolute atomic E-state index is 0.446. The van der Waals surface area contributed by atoms with Crippen LogP contribution in [-0.4, -0.2) is 75.9 Å². The van der Waals surface area contributed by atoms with E-state index < -0.39 is 0 Å². The fourth-order valence-electron chi connectivity index (χ4n) is 4.62. The number of nitrogens with one attached hydrogen (secondary N) is 1. The fourth-order valence-corrected chi connectivity index (χ4v) is 5.38. The number of nitrogens with zero attached hydrogens (tertiary/aromatic N) is 5. The molecule has 1 aliphatic carbocycles. The lowest BCUT2D eigenvalue weighted by molar-refractivity contribution is 0.0238. The molecule has 0 bridgehead atoms. The number of benzene rings is 1. The first-order chi connectivity index (χ1) is 17.3. The lowest BCUT2D eigenvalue weighted by Gasteiger charge is -2.26. The molecule has 0 unspecified atom stereocenters. The highest BCUT2D eigenvalue weighted by molar-refractivity contribution is 7.11. The van der Waals surface area contributed by atoms with Gasteiger partial charge in [-0.15, -0.1) is 11.3 Å². The molecule has 3 aromatic heterocycles. The normalized spacial score (nSPS) is 15.0. The van der Waals surface area contributed by atoms with Crippen molar-refractivity contribution in [2.45, 2.75) is 13.0 Å². The summed E-state index contributed by atoms with van der Waals surface area (Å²) < 4.78 is 12.9. The number of rotatable bonds is 7. The number of H-pyrrole nitrogens is 1. The van der Waals surface area contributed by atoms with Crippen LogP contribution in [0.2, 0.25) is 0 Å². The highest BCUT2D eigenvalue weighted by Gasteiger charge is 2.25. The molecule has 6 rings (SSSR count). The average Bonchev–Trinajstić information content (AvgIpc) is 3.67. The molecule has 1 saturated heterocycles. The topological polar surface area (TPSA) is 81.1 Å². The number of thiophene rings is 1. The van der Waals surface area contributed by atoms with Crippen molar-refractivity contribution in [3.05, 3.63) is 63.9 Å². The van der Waals surface area contributed by atoms with Crippen molar-refractivity contribution in [2.75, 3.05) is 46.1 Å². The van der Waals surface area contributed by atoms with Crippen molar-refractivity contribution in [1.29, 1.82) is 0 Å². The van der Waals surface area contributed by atoms with Crippen LogP contribution in [0.3, 0.4) is 0 Å². The van der Waals surface area contributed by atoms with Crippen molar-refractivity contribution < 1.29 is 9.47 Å². The summed E-state index contributed by atoms with van der Waals surface area (Å²) in [5.41, 5.74) is 8.26. The number of ether oxygens (including phenoxy) is 2. The van der Waals surface area contributed by atoms with Gasteiger partial charge in [-0.3, -0.25) is 10.00 Å². The standard InChI is InChI=1S/C26H26N6O2S/c1(8-33-9-5-31-6-10-34-11-7-31)2-22-13-21(16-35-22)25-24-14-20-12-19(15-32-18-27-17-28-32)3-4-23(20)26(24)30-29-25/h3-4,12-13,16-18H,5-11,14-15H2,(H,29,30). The highest BCUT2D eigenvalue weighted by Crippen LogP contribution is 2.41. The summed E-state index contributed by atoms with van der Waals surface area (Å²) in [6.45, 7) is 6.40. The van der Waals surface area contributed by atoms with Gasteiger partial charge in [0.2, 0.25) is 0 Å². The Morgan fingerprint density at radius 3 is 3.03 bits per heavy atom. The lowest BCUT2D eigenvalue weighted by Crippen LogP contribution is -2.38. The zero-order valence-electron chi connectivity index (χ0n) is 19.4. The van der Waals surface area contributed by atoms with Crippen LogP contribution in [0.1, 0.15) is 21.6 Å². The second-order valence-electron chi connectivity index (χ2n) is 8.70. The monoisotopic (exact) mass is 486 g/mol. The number of aromatic nitrogens is 5. The van der Waals surface area contributed by atoms with Gasteiger partial charge in [0.15, 0.2) is 0 Å². The third-order valence-corrected chi connectivity index (χ3v) is 7.24. The van der Waals surface area contributed by atoms with E-state index in [4.69, 9.17) is 9.47 Å². The van der Waals surface area contributed by atoms with Crippen LogP contribution < -0.4 is 0 Å². The van der Waals surface area contributed by atoms with Crippen LogP contribution in [0.4, 0.5) is 0 Å². The van der Waals surface area contributed by atoms with Gasteiger partial charge in [0, 0.05) is 48.1 Å². The van der Waals surface area contributed by atoms with E-state index in [-0.39, 0.29) is 0 Å². The SMILES string of the molecule is C(#Cc1cc(-c2n[nH]c3c2Cc2cc(Cn4cncn4)ccc2-3)cs1)COCCN1CCOCC1. The van der Waals surface area contributed by atoms with E-state index in [9.17, 15) is 0 Å². The molecular formula is C26H26N6O2S. The number of fused-ring (bicyclic) bond motifs is 3. The van der Waals surface area contributed by atoms with E-state index in [0.29, 0.717) is 13.2 Å². The van der Waals surface area contributed by atoms with E-state index in [0.717, 1.165) is 67.6 Å². The number of morpholine rings is 1. The number of hydrogen-bond acceptors (Lipinski definition) is 7. The minimum Gasteiger partial charge on any atom is -0.379 e. The van der Waals surface area contributed by atoms with Gasteiger partial charge in [0.05, 0.1) is 42.6 Å². The third-order valence-electron chi connectivity index (χ3n) is 6.40. The van der Waals surface area contributed by atoms with Crippen LogP contribution in [0.5, 0.6) is 0 Å². The van der Waals surface area contributed by atoms with E-state index in [2.05, 4.69) is 66.7 Å². The second kappa shape index (κ2) is 10.1. The van der Waals surface area contributed by atoms with Gasteiger partial charge in [-0.1, -0.05) is 30.0 Å². The van der Waals surface area contributed by atoms with Gasteiger partial charge < -0.3 is 9.47 Å². The summed E-state index contributed by atoms with van der Waals surface area (Å²) in [5.74, 6) is 6.38. The van der Waals surface area contributed by atoms with Gasteiger partial charge in [0.25, 0.3) is 0 Å². The van der Waals surface area contributed by atoms with Crippen LogP contribution >= 0.6 is 11.3 Å². The maximum Gasteiger partial charge on any atom is 0.137 e. The molecule has 0 atom stereocenters. The first-order valence-corrected chi connectivity index (χ1v) is 12.7. The van der Waals surface area contributed by atoms with Crippen LogP contribution in [-0.2, 0) is 22.4 Å². The largest absolute Gasteiger partial charge is 0.379 e. The van der Waals surface area contributed by atoms with Crippen LogP contribution in [0.15, 0.2) is 42.3 Å². The van der Waals surface area contributed by atoms with Gasteiger partial charge >= 0.3 is 0 Å². The molecule has 178 valence electrons. The zero-order valence-corrected chi connectivity index (χ0v) is 20.2. The third kappa shape index (κ3) is 4.92. The molecule has 1 aromatic carbocycles. The van der Waals surface area contributed by atoms with Crippen molar-refractivity contribution in [3.63, 3.8) is 0 Å². The summed E-state index contributed by atoms with van der Waals surface area (Å²) >= 11 is 1.65. The Morgan fingerprint density at radius 1 is 1.20 bits per heavy atom. The summed E-state index contributed by atoms with van der Waals surface area (Å²) in [4.78, 5) is 7.42. The molecule has 0 saturated carbocycles. The van der Waals surface area contributed by atoms with Crippen molar-refractivity contribution in [3.8, 4) is 34.4 Å². The Balaban J connectivity index is 1.07. The molecule has 4 heterocycles. The Kier molecular flexibility index (Phi) is 6.43. The molecule has 9 heteroatoms. The van der Waals surface area contributed by atoms with E-state index in [1.165, 1.54) is 22.3 Å². The zero-order chi connectivity index (χ0) is 23.5. The maximum atomic E-state index is 5.70. The smallest absolute Gasteiger partial charge is 0.137 e. The maximum absolute atomic E-state index is 5.70. The molecule has 1 aliphatic heterocycles. The van der Waals surface area contributed by atoms with Gasteiger partial charge in [-0.05, 0) is 17.2 Å². The average molecular weight is 487 g/mol. The molecule has 2 aliphatic rings. The first kappa shape index (κ1) is 22.2. The number of hydrogen-bond donors (Lipinski definition) is 1. The summed E-state index contributed by atoms with van der Waals surface area (Å²) in [5, 5.41) is 14.3. The molecule has 0 amide bonds. The van der Waals surface area contributed by atoms with E-state index >= 15 is 0 Å². The molecule has 1 fully saturated rings. The van der Waals surface area contributed by atoms with Crippen molar-refractivity contribution in [2.24, 2.45) is 0 Å². The fraction of sp³-hybridized carbons (Fsp3) is 0.346. The summed E-state index contributed by atoms with van der Waals surface area (Å²) in [6, 6.07) is 8.72. The Hall–Kier alpha value is -3.29. The van der Waals surface area contributed by atoms with Gasteiger partial charge in [-0.25, -0.2) is 9.67 Å². The summed E-state index contributed by atoms with van der Waals surface area (Å²) in [7, 11) is 0. The van der Waals surface area contributed by atoms with Crippen LogP contribution in [0, 0.1) is 11.8 Å². The van der Waals surface area contributed by atoms with Gasteiger partial charge in [-0.2, -0.15) is 10.2 Å². The highest BCUT2D eigenvalue weighted by atomic mass is 32.1. The van der Waals surface area contributed by atoms with E-state index in [1.54, 1.807) is 24.0 Å². The number of aromatic amines is 1. The molecule has 0 radical (unpaired) electrons. The Morgan fingerprint density at radius 2 is 2.14 bits per heavy atom. The van der Waals surface area contributed by atoms with Gasteiger partial charge in [0.1, 0.15) is 19.3 Å². The molecule has 4 aromatic rings. The first-order valence-electron chi connectivity index (χ1n) is 11.8. The predicted octanol–water partition coefficient (Wildman–Crippen LogP) is 3.05. The quantitative estimate of drug-likeness (QED) is 0.281. The molecule has 8 nitrogen and oxygen atoms in total. The van der Waals surface area contributed by atoms with Crippen LogP contribution in [0.25, 0.3) is 22.5 Å². The predicted molar refractivity (Wildman–Crippen MR) is 134 cm³/mol. The molecule has 1 N–H and O–H groups in total. The second-order valence-corrected chi connectivity index (χ2v) is 9.61. The molecular weight excluding hydrogens is 460 g/mol. The molecule has 0 spiro atoms. The van der Waals surface area contributed by atoms with E-state index in [1.807, 2.05) is 4.68 Å².